The van der Waals surface area contributed by atoms with Crippen LogP contribution >= 0.6 is 0 Å². The lowest BCUT2D eigenvalue weighted by Gasteiger charge is -2.19. The average molecular weight is 253 g/mol. The Morgan fingerprint density at radius 3 is 2.56 bits per heavy atom. The van der Waals surface area contributed by atoms with Gasteiger partial charge in [-0.2, -0.15) is 0 Å². The van der Waals surface area contributed by atoms with Gasteiger partial charge in [0.15, 0.2) is 11.5 Å². The molecule has 0 aliphatic heterocycles. The molecule has 0 bridgehead atoms. The van der Waals surface area contributed by atoms with Crippen molar-refractivity contribution in [3.63, 3.8) is 0 Å². The van der Waals surface area contributed by atoms with Gasteiger partial charge in [-0.1, -0.05) is 33.1 Å². The number of rotatable bonds is 6. The van der Waals surface area contributed by atoms with E-state index in [0.29, 0.717) is 11.6 Å². The van der Waals surface area contributed by atoms with Crippen LogP contribution in [0, 0.1) is 12.8 Å². The van der Waals surface area contributed by atoms with E-state index in [-0.39, 0.29) is 11.5 Å². The van der Waals surface area contributed by atoms with Crippen LogP contribution in [0.1, 0.15) is 45.2 Å². The van der Waals surface area contributed by atoms with Gasteiger partial charge in [0.05, 0.1) is 11.9 Å². The molecule has 4 nitrogen and oxygen atoms in total. The van der Waals surface area contributed by atoms with Gasteiger partial charge in [0.2, 0.25) is 0 Å². The smallest absolute Gasteiger partial charge is 0.264 e. The molecule has 1 rings (SSSR count). The summed E-state index contributed by atoms with van der Waals surface area (Å²) in [7, 11) is 0. The van der Waals surface area contributed by atoms with Crippen molar-refractivity contribution in [3.05, 3.63) is 22.1 Å². The predicted molar refractivity (Wildman–Crippen MR) is 72.1 cm³/mol. The van der Waals surface area contributed by atoms with Crippen molar-refractivity contribution in [2.24, 2.45) is 5.92 Å². The van der Waals surface area contributed by atoms with Gasteiger partial charge in [-0.15, -0.1) is 0 Å². The van der Waals surface area contributed by atoms with E-state index in [1.54, 1.807) is 11.5 Å². The first-order valence-corrected chi connectivity index (χ1v) is 6.63. The molecule has 1 unspecified atom stereocenters. The Morgan fingerprint density at radius 1 is 1.33 bits per heavy atom. The Morgan fingerprint density at radius 2 is 2.00 bits per heavy atom. The van der Waals surface area contributed by atoms with Crippen LogP contribution in [-0.2, 0) is 6.54 Å². The summed E-state index contributed by atoms with van der Waals surface area (Å²) in [4.78, 5) is 11.4. The molecule has 2 N–H and O–H groups in total. The molecule has 0 amide bonds. The van der Waals surface area contributed by atoms with E-state index in [2.05, 4.69) is 13.8 Å². The largest absolute Gasteiger partial charge is 0.503 e. The fraction of sp³-hybridized carbons (Fsp3) is 0.643. The molecule has 0 saturated heterocycles. The first-order chi connectivity index (χ1) is 8.51. The Labute approximate surface area is 108 Å². The van der Waals surface area contributed by atoms with E-state index in [4.69, 9.17) is 0 Å². The highest BCUT2D eigenvalue weighted by molar-refractivity contribution is 5.33. The van der Waals surface area contributed by atoms with E-state index < -0.39 is 5.43 Å². The van der Waals surface area contributed by atoms with Crippen LogP contribution in [0.2, 0.25) is 0 Å². The molecule has 4 heteroatoms. The van der Waals surface area contributed by atoms with Gasteiger partial charge in [0, 0.05) is 6.54 Å². The lowest BCUT2D eigenvalue weighted by Crippen LogP contribution is -2.16. The van der Waals surface area contributed by atoms with Crippen molar-refractivity contribution in [2.75, 3.05) is 0 Å². The zero-order chi connectivity index (χ0) is 13.7. The van der Waals surface area contributed by atoms with Gasteiger partial charge in [0.1, 0.15) is 0 Å². The third-order valence-electron chi connectivity index (χ3n) is 3.50. The van der Waals surface area contributed by atoms with Crippen LogP contribution in [0.5, 0.6) is 11.5 Å². The molecule has 0 radical (unpaired) electrons. The van der Waals surface area contributed by atoms with E-state index in [0.717, 1.165) is 25.8 Å². The molecule has 0 spiro atoms. The predicted octanol–water partition coefficient (Wildman–Crippen LogP) is 2.78. The van der Waals surface area contributed by atoms with Crippen LogP contribution < -0.4 is 5.43 Å². The molecule has 1 atom stereocenters. The molecule has 0 aromatic carbocycles. The fourth-order valence-electron chi connectivity index (χ4n) is 2.11. The Kier molecular flexibility index (Phi) is 5.25. The molecular weight excluding hydrogens is 230 g/mol. The molecule has 18 heavy (non-hydrogen) atoms. The van der Waals surface area contributed by atoms with Gasteiger partial charge in [-0.3, -0.25) is 4.79 Å². The lowest BCUT2D eigenvalue weighted by molar-refractivity contribution is 0.367. The first-order valence-electron chi connectivity index (χ1n) is 6.63. The number of unbranched alkanes of at least 4 members (excludes halogenated alkanes) is 1. The molecule has 1 heterocycles. The van der Waals surface area contributed by atoms with E-state index >= 15 is 0 Å². The molecule has 1 aromatic rings. The zero-order valence-electron chi connectivity index (χ0n) is 11.4. The quantitative estimate of drug-likeness (QED) is 0.819. The Hall–Kier alpha value is -1.45. The van der Waals surface area contributed by atoms with Gasteiger partial charge < -0.3 is 14.8 Å². The van der Waals surface area contributed by atoms with Gasteiger partial charge in [-0.05, 0) is 19.3 Å². The summed E-state index contributed by atoms with van der Waals surface area (Å²) in [6, 6.07) is 0. The lowest BCUT2D eigenvalue weighted by atomic mass is 9.99. The molecule has 102 valence electrons. The number of nitrogens with zero attached hydrogens (tertiary/aromatic N) is 1. The van der Waals surface area contributed by atoms with Crippen molar-refractivity contribution in [1.82, 2.24) is 4.57 Å². The summed E-state index contributed by atoms with van der Waals surface area (Å²) in [5.74, 6) is -0.228. The Bertz CT molecular complexity index is 451. The summed E-state index contributed by atoms with van der Waals surface area (Å²) >= 11 is 0. The highest BCUT2D eigenvalue weighted by Gasteiger charge is 2.13. The molecule has 0 fully saturated rings. The topological polar surface area (TPSA) is 62.5 Å². The normalized spacial score (nSPS) is 12.6. The molecule has 0 aliphatic rings. The first kappa shape index (κ1) is 14.6. The van der Waals surface area contributed by atoms with Crippen molar-refractivity contribution in [3.8, 4) is 11.5 Å². The second-order valence-corrected chi connectivity index (χ2v) is 4.85. The van der Waals surface area contributed by atoms with Crippen molar-refractivity contribution in [1.29, 1.82) is 0 Å². The second-order valence-electron chi connectivity index (χ2n) is 4.85. The minimum Gasteiger partial charge on any atom is -0.503 e. The summed E-state index contributed by atoms with van der Waals surface area (Å²) in [5, 5.41) is 19.1. The monoisotopic (exact) mass is 253 g/mol. The van der Waals surface area contributed by atoms with Gasteiger partial charge in [-0.25, -0.2) is 0 Å². The van der Waals surface area contributed by atoms with Crippen LogP contribution in [0.3, 0.4) is 0 Å². The minimum absolute atomic E-state index is 0.347. The standard InChI is InChI=1S/C14H23NO3/c1-4-6-7-11(5-2)8-15-9-12(16)14(18)13(17)10(15)3/h9,11,16-17H,4-8H2,1-3H3. The number of aromatic nitrogens is 1. The van der Waals surface area contributed by atoms with Gasteiger partial charge in [0.25, 0.3) is 5.43 Å². The van der Waals surface area contributed by atoms with Crippen LogP contribution in [0.15, 0.2) is 11.0 Å². The third-order valence-corrected chi connectivity index (χ3v) is 3.50. The van der Waals surface area contributed by atoms with Crippen LogP contribution in [-0.4, -0.2) is 14.8 Å². The summed E-state index contributed by atoms with van der Waals surface area (Å²) in [5.41, 5.74) is -0.168. The molecule has 1 aromatic heterocycles. The van der Waals surface area contributed by atoms with Crippen molar-refractivity contribution >= 4 is 0 Å². The maximum atomic E-state index is 11.4. The highest BCUT2D eigenvalue weighted by atomic mass is 16.3. The van der Waals surface area contributed by atoms with Crippen molar-refractivity contribution < 1.29 is 10.2 Å². The van der Waals surface area contributed by atoms with Gasteiger partial charge >= 0.3 is 0 Å². The maximum Gasteiger partial charge on any atom is 0.264 e. The number of pyridine rings is 1. The summed E-state index contributed by atoms with van der Waals surface area (Å²) in [6.07, 6.45) is 5.94. The molecular formula is C14H23NO3. The third kappa shape index (κ3) is 3.28. The zero-order valence-corrected chi connectivity index (χ0v) is 11.4. The molecule has 0 aliphatic carbocycles. The maximum absolute atomic E-state index is 11.4. The average Bonchev–Trinajstić information content (AvgIpc) is 2.37. The Balaban J connectivity index is 2.93. The highest BCUT2D eigenvalue weighted by Crippen LogP contribution is 2.20. The summed E-state index contributed by atoms with van der Waals surface area (Å²) < 4.78 is 1.77. The minimum atomic E-state index is -0.689. The number of aromatic hydroxyl groups is 2. The van der Waals surface area contributed by atoms with E-state index in [9.17, 15) is 15.0 Å². The second kappa shape index (κ2) is 6.47. The van der Waals surface area contributed by atoms with E-state index in [1.165, 1.54) is 12.6 Å². The summed E-state index contributed by atoms with van der Waals surface area (Å²) in [6.45, 7) is 6.72. The van der Waals surface area contributed by atoms with Crippen LogP contribution in [0.4, 0.5) is 0 Å². The van der Waals surface area contributed by atoms with E-state index in [1.807, 2.05) is 0 Å². The van der Waals surface area contributed by atoms with Crippen molar-refractivity contribution in [2.45, 2.75) is 53.0 Å². The fourth-order valence-corrected chi connectivity index (χ4v) is 2.11. The number of hydrogen-bond acceptors (Lipinski definition) is 3. The number of hydrogen-bond donors (Lipinski definition) is 2. The van der Waals surface area contributed by atoms with Crippen LogP contribution in [0.25, 0.3) is 0 Å². The molecule has 0 saturated carbocycles. The SMILES string of the molecule is CCCCC(CC)Cn1cc(O)c(=O)c(O)c1C.